The van der Waals surface area contributed by atoms with Crippen LogP contribution < -0.4 is 13.8 Å². The van der Waals surface area contributed by atoms with Crippen molar-refractivity contribution in [3.05, 3.63) is 63.6 Å². The van der Waals surface area contributed by atoms with Gasteiger partial charge in [0.1, 0.15) is 11.5 Å². The fourth-order valence-corrected chi connectivity index (χ4v) is 4.80. The zero-order valence-corrected chi connectivity index (χ0v) is 18.7. The van der Waals surface area contributed by atoms with E-state index in [2.05, 4.69) is 15.9 Å². The second-order valence-corrected chi connectivity index (χ2v) is 9.29. The summed E-state index contributed by atoms with van der Waals surface area (Å²) in [4.78, 5) is 0. The Morgan fingerprint density at radius 2 is 1.50 bits per heavy atom. The van der Waals surface area contributed by atoms with Crippen molar-refractivity contribution in [2.75, 3.05) is 24.8 Å². The summed E-state index contributed by atoms with van der Waals surface area (Å²) in [5.74, 6) is 1.21. The summed E-state index contributed by atoms with van der Waals surface area (Å²) in [5, 5.41) is 2.24. The second kappa shape index (κ2) is 8.19. The highest BCUT2D eigenvalue weighted by Gasteiger charge is 2.25. The Bertz CT molecular complexity index is 1120. The van der Waals surface area contributed by atoms with E-state index in [1.165, 1.54) is 10.6 Å². The van der Waals surface area contributed by atoms with Crippen LogP contribution in [0.2, 0.25) is 5.02 Å². The summed E-state index contributed by atoms with van der Waals surface area (Å²) >= 11 is 9.54. The molecule has 8 heteroatoms. The molecule has 0 fully saturated rings. The van der Waals surface area contributed by atoms with Crippen molar-refractivity contribution in [3.63, 3.8) is 0 Å². The molecule has 0 saturated heterocycles. The molecule has 148 valence electrons. The van der Waals surface area contributed by atoms with E-state index in [1.54, 1.807) is 38.5 Å². The quantitative estimate of drug-likeness (QED) is 0.480. The number of halogens is 2. The first kappa shape index (κ1) is 20.8. The third-order valence-corrected chi connectivity index (χ3v) is 6.61. The van der Waals surface area contributed by atoms with Crippen LogP contribution in [-0.2, 0) is 16.6 Å². The SMILES string of the molecule is COc1c(Br)c(CN(c2ccc(Cl)cc2)S(C)(=O)=O)c(OC)c2ccccc12. The molecule has 0 aliphatic heterocycles. The van der Waals surface area contributed by atoms with Gasteiger partial charge in [0.2, 0.25) is 10.0 Å². The van der Waals surface area contributed by atoms with Crippen LogP contribution in [0.1, 0.15) is 5.56 Å². The highest BCUT2D eigenvalue weighted by Crippen LogP contribution is 2.44. The van der Waals surface area contributed by atoms with Gasteiger partial charge in [-0.05, 0) is 40.2 Å². The minimum absolute atomic E-state index is 0.0609. The third-order valence-electron chi connectivity index (χ3n) is 4.38. The number of hydrogen-bond donors (Lipinski definition) is 0. The molecule has 5 nitrogen and oxygen atoms in total. The van der Waals surface area contributed by atoms with Crippen molar-refractivity contribution in [3.8, 4) is 11.5 Å². The molecule has 0 aliphatic carbocycles. The van der Waals surface area contributed by atoms with Crippen LogP contribution in [-0.4, -0.2) is 28.9 Å². The van der Waals surface area contributed by atoms with Crippen molar-refractivity contribution < 1.29 is 17.9 Å². The molecule has 3 aromatic carbocycles. The smallest absolute Gasteiger partial charge is 0.232 e. The fourth-order valence-electron chi connectivity index (χ4n) is 3.12. The normalized spacial score (nSPS) is 11.5. The average molecular weight is 485 g/mol. The Kier molecular flexibility index (Phi) is 6.07. The summed E-state index contributed by atoms with van der Waals surface area (Å²) in [6.45, 7) is 0.0609. The van der Waals surface area contributed by atoms with Crippen molar-refractivity contribution in [1.82, 2.24) is 0 Å². The summed E-state index contributed by atoms with van der Waals surface area (Å²) in [6, 6.07) is 14.3. The van der Waals surface area contributed by atoms with Gasteiger partial charge in [0, 0.05) is 21.4 Å². The van der Waals surface area contributed by atoms with Crippen LogP contribution in [0.25, 0.3) is 10.8 Å². The molecule has 0 aliphatic rings. The number of ether oxygens (including phenoxy) is 2. The zero-order valence-electron chi connectivity index (χ0n) is 15.6. The lowest BCUT2D eigenvalue weighted by Crippen LogP contribution is -2.29. The van der Waals surface area contributed by atoms with Crippen LogP contribution in [0.3, 0.4) is 0 Å². The van der Waals surface area contributed by atoms with E-state index in [-0.39, 0.29) is 6.54 Å². The van der Waals surface area contributed by atoms with Gasteiger partial charge in [0.25, 0.3) is 0 Å². The Labute approximate surface area is 178 Å². The van der Waals surface area contributed by atoms with Crippen LogP contribution in [0.15, 0.2) is 53.0 Å². The Morgan fingerprint density at radius 3 is 2.00 bits per heavy atom. The predicted molar refractivity (Wildman–Crippen MR) is 117 cm³/mol. The first-order chi connectivity index (χ1) is 13.3. The number of methoxy groups -OCH3 is 2. The van der Waals surface area contributed by atoms with Crippen molar-refractivity contribution in [2.45, 2.75) is 6.54 Å². The number of nitrogens with zero attached hydrogens (tertiary/aromatic N) is 1. The zero-order chi connectivity index (χ0) is 20.5. The van der Waals surface area contributed by atoms with E-state index in [9.17, 15) is 8.42 Å². The number of sulfonamides is 1. The maximum atomic E-state index is 12.6. The van der Waals surface area contributed by atoms with Crippen LogP contribution >= 0.6 is 27.5 Å². The van der Waals surface area contributed by atoms with Gasteiger partial charge in [-0.3, -0.25) is 4.31 Å². The lowest BCUT2D eigenvalue weighted by molar-refractivity contribution is 0.404. The van der Waals surface area contributed by atoms with E-state index in [0.29, 0.717) is 32.2 Å². The molecule has 0 radical (unpaired) electrons. The van der Waals surface area contributed by atoms with Crippen LogP contribution in [0.4, 0.5) is 5.69 Å². The summed E-state index contributed by atoms with van der Waals surface area (Å²) in [6.07, 6.45) is 1.17. The maximum absolute atomic E-state index is 12.6. The summed E-state index contributed by atoms with van der Waals surface area (Å²) in [5.41, 5.74) is 1.17. The molecule has 0 amide bonds. The van der Waals surface area contributed by atoms with Crippen molar-refractivity contribution in [2.24, 2.45) is 0 Å². The molecule has 0 atom stereocenters. The number of hydrogen-bond acceptors (Lipinski definition) is 4. The molecule has 0 N–H and O–H groups in total. The van der Waals surface area contributed by atoms with Gasteiger partial charge >= 0.3 is 0 Å². The number of fused-ring (bicyclic) bond motifs is 1. The monoisotopic (exact) mass is 483 g/mol. The average Bonchev–Trinajstić information content (AvgIpc) is 2.66. The van der Waals surface area contributed by atoms with Crippen LogP contribution in [0, 0.1) is 0 Å². The van der Waals surface area contributed by atoms with Gasteiger partial charge < -0.3 is 9.47 Å². The van der Waals surface area contributed by atoms with Crippen molar-refractivity contribution >= 4 is 54.0 Å². The van der Waals surface area contributed by atoms with E-state index < -0.39 is 10.0 Å². The first-order valence-corrected chi connectivity index (χ1v) is 11.3. The van der Waals surface area contributed by atoms with Gasteiger partial charge in [-0.25, -0.2) is 8.42 Å². The lowest BCUT2D eigenvalue weighted by Gasteiger charge is -2.25. The molecule has 0 spiro atoms. The third kappa shape index (κ3) is 3.92. The van der Waals surface area contributed by atoms with E-state index in [4.69, 9.17) is 21.1 Å². The molecule has 0 saturated carbocycles. The molecule has 0 unspecified atom stereocenters. The Balaban J connectivity index is 2.24. The largest absolute Gasteiger partial charge is 0.496 e. The molecule has 28 heavy (non-hydrogen) atoms. The van der Waals surface area contributed by atoms with Gasteiger partial charge in [-0.2, -0.15) is 0 Å². The van der Waals surface area contributed by atoms with E-state index >= 15 is 0 Å². The van der Waals surface area contributed by atoms with E-state index in [1.807, 2.05) is 24.3 Å². The first-order valence-electron chi connectivity index (χ1n) is 8.32. The van der Waals surface area contributed by atoms with Gasteiger partial charge in [0.05, 0.1) is 37.2 Å². The molecule has 0 aromatic heterocycles. The van der Waals surface area contributed by atoms with E-state index in [0.717, 1.165) is 10.8 Å². The summed E-state index contributed by atoms with van der Waals surface area (Å²) in [7, 11) is -0.424. The molecule has 3 aromatic rings. The molecular weight excluding hydrogens is 466 g/mol. The maximum Gasteiger partial charge on any atom is 0.232 e. The lowest BCUT2D eigenvalue weighted by atomic mass is 10.0. The second-order valence-electron chi connectivity index (χ2n) is 6.15. The molecule has 0 bridgehead atoms. The topological polar surface area (TPSA) is 55.8 Å². The molecule has 3 rings (SSSR count). The van der Waals surface area contributed by atoms with Crippen molar-refractivity contribution in [1.29, 1.82) is 0 Å². The van der Waals surface area contributed by atoms with Gasteiger partial charge in [-0.15, -0.1) is 0 Å². The fraction of sp³-hybridized carbons (Fsp3) is 0.200. The highest BCUT2D eigenvalue weighted by atomic mass is 79.9. The highest BCUT2D eigenvalue weighted by molar-refractivity contribution is 9.10. The number of anilines is 1. The Morgan fingerprint density at radius 1 is 0.964 bits per heavy atom. The van der Waals surface area contributed by atoms with Gasteiger partial charge in [-0.1, -0.05) is 35.9 Å². The molecule has 0 heterocycles. The van der Waals surface area contributed by atoms with Crippen LogP contribution in [0.5, 0.6) is 11.5 Å². The Hall–Kier alpha value is -1.96. The predicted octanol–water partition coefficient (Wildman–Crippen LogP) is 5.24. The minimum Gasteiger partial charge on any atom is -0.496 e. The number of rotatable bonds is 6. The standard InChI is InChI=1S/C20H19BrClNO4S/c1-26-19-15-6-4-5-7-16(15)20(27-2)18(21)17(19)12-23(28(3,24)25)14-10-8-13(22)9-11-14/h4-11H,12H2,1-3H3. The molecular formula is C20H19BrClNO4S. The summed E-state index contributed by atoms with van der Waals surface area (Å²) < 4.78 is 38.3. The minimum atomic E-state index is -3.57. The number of benzene rings is 3. The van der Waals surface area contributed by atoms with Gasteiger partial charge in [0.15, 0.2) is 0 Å².